The van der Waals surface area contributed by atoms with Crippen LogP contribution in [0.3, 0.4) is 0 Å². The smallest absolute Gasteiger partial charge is 0.119 e. The van der Waals surface area contributed by atoms with Gasteiger partial charge in [0.1, 0.15) is 37.4 Å². The van der Waals surface area contributed by atoms with Crippen molar-refractivity contribution in [3.05, 3.63) is 0 Å². The van der Waals surface area contributed by atoms with Gasteiger partial charge in [-0.3, -0.25) is 14.1 Å². The van der Waals surface area contributed by atoms with Crippen LogP contribution in [0.25, 0.3) is 0 Å². The topological polar surface area (TPSA) is 65.1 Å². The molecule has 0 aliphatic heterocycles. The number of nitrogens with zero attached hydrogens (tertiary/aromatic N) is 3. The van der Waals surface area contributed by atoms with Crippen molar-refractivity contribution in [3.8, 4) is 0 Å². The van der Waals surface area contributed by atoms with Crippen LogP contribution in [0.4, 0.5) is 14.1 Å². The van der Waals surface area contributed by atoms with Crippen molar-refractivity contribution in [1.82, 2.24) is 12.9 Å². The molecular weight excluding hydrogens is 507 g/mol. The van der Waals surface area contributed by atoms with E-state index in [2.05, 4.69) is 0 Å². The van der Waals surface area contributed by atoms with E-state index in [0.717, 1.165) is 0 Å². The van der Waals surface area contributed by atoms with Crippen LogP contribution >= 0.6 is 38.4 Å². The highest BCUT2D eigenvalue weighted by Crippen LogP contribution is 2.10. The molecule has 0 rings (SSSR count). The van der Waals surface area contributed by atoms with E-state index in [1.807, 2.05) is 41.5 Å². The highest BCUT2D eigenvalue weighted by Gasteiger charge is 2.17. The van der Waals surface area contributed by atoms with Crippen LogP contribution in [0.15, 0.2) is 0 Å². The molecule has 3 radical (unpaired) electrons. The molecule has 0 saturated heterocycles. The van der Waals surface area contributed by atoms with Crippen molar-refractivity contribution in [1.29, 1.82) is 0 Å². The Balaban J connectivity index is -0.0000000792. The van der Waals surface area contributed by atoms with E-state index >= 15 is 0 Å². The lowest BCUT2D eigenvalue weighted by atomic mass is 10.5. The van der Waals surface area contributed by atoms with Gasteiger partial charge in [-0.2, -0.15) is 12.9 Å². The van der Waals surface area contributed by atoms with Crippen LogP contribution < -0.4 is 0 Å². The monoisotopic (exact) mass is 552 g/mol. The average molecular weight is 553 g/mol. The largest absolute Gasteiger partial charge is 0.366 e. The predicted octanol–water partition coefficient (Wildman–Crippen LogP) is 4.61. The Morgan fingerprint density at radius 2 is 0.455 bits per heavy atom. The molecular formula is C18H45F3N3O6S3. The third kappa shape index (κ3) is 22.7. The SMILES string of the molecule is COC(C)N([S])C(C)OC.COC(C)N([S])C(C)OC.COC(C)N([S])C(C)OC.F.F.F. The summed E-state index contributed by atoms with van der Waals surface area (Å²) in [5.41, 5.74) is 0. The second kappa shape index (κ2) is 28.7. The van der Waals surface area contributed by atoms with Crippen molar-refractivity contribution in [2.75, 3.05) is 42.7 Å². The van der Waals surface area contributed by atoms with Gasteiger partial charge in [0.2, 0.25) is 0 Å². The molecule has 0 fully saturated rings. The third-order valence-electron chi connectivity index (χ3n) is 4.20. The van der Waals surface area contributed by atoms with Crippen molar-refractivity contribution in [2.24, 2.45) is 0 Å². The van der Waals surface area contributed by atoms with E-state index in [-0.39, 0.29) is 51.5 Å². The maximum absolute atomic E-state index is 4.98. The Labute approximate surface area is 215 Å². The number of ether oxygens (including phenoxy) is 6. The second-order valence-corrected chi connectivity index (χ2v) is 7.35. The molecule has 0 aromatic carbocycles. The molecule has 0 N–H and O–H groups in total. The summed E-state index contributed by atoms with van der Waals surface area (Å²) < 4.78 is 34.6. The predicted molar refractivity (Wildman–Crippen MR) is 135 cm³/mol. The normalized spacial score (nSPS) is 15.8. The molecule has 0 heterocycles. The first-order valence-corrected chi connectivity index (χ1v) is 10.5. The molecule has 0 aromatic heterocycles. The number of hydrogen-bond donors (Lipinski definition) is 0. The standard InChI is InChI=1S/3C6H14NO2S.3FH/c3*1-5(8-3)7(10)6(2)9-4;;;/h3*5-6H,1-4H3;3*1H. The Morgan fingerprint density at radius 1 is 0.364 bits per heavy atom. The molecule has 9 nitrogen and oxygen atoms in total. The lowest BCUT2D eigenvalue weighted by Crippen LogP contribution is -2.34. The first kappa shape index (κ1) is 46.8. The highest BCUT2D eigenvalue weighted by atomic mass is 32.1. The highest BCUT2D eigenvalue weighted by molar-refractivity contribution is 7.78. The van der Waals surface area contributed by atoms with Crippen LogP contribution in [0.1, 0.15) is 41.5 Å². The maximum Gasteiger partial charge on any atom is 0.119 e. The van der Waals surface area contributed by atoms with Crippen LogP contribution in [0.5, 0.6) is 0 Å². The fourth-order valence-electron chi connectivity index (χ4n) is 1.51. The van der Waals surface area contributed by atoms with Gasteiger partial charge in [-0.15, -0.1) is 0 Å². The van der Waals surface area contributed by atoms with Crippen LogP contribution in [-0.4, -0.2) is 92.9 Å². The minimum absolute atomic E-state index is 0. The molecule has 0 aromatic rings. The van der Waals surface area contributed by atoms with Gasteiger partial charge in [-0.25, -0.2) is 0 Å². The molecule has 0 bridgehead atoms. The molecule has 0 saturated carbocycles. The zero-order chi connectivity index (χ0) is 24.4. The summed E-state index contributed by atoms with van der Waals surface area (Å²) in [4.78, 5) is 0. The van der Waals surface area contributed by atoms with Crippen molar-refractivity contribution < 1.29 is 42.5 Å². The second-order valence-electron chi connectivity index (χ2n) is 6.09. The molecule has 207 valence electrons. The fraction of sp³-hybridized carbons (Fsp3) is 1.00. The molecule has 0 amide bonds. The summed E-state index contributed by atoms with van der Waals surface area (Å²) in [6.45, 7) is 11.3. The molecule has 0 aliphatic rings. The summed E-state index contributed by atoms with van der Waals surface area (Å²) in [6, 6.07) is 0. The van der Waals surface area contributed by atoms with Gasteiger partial charge in [-0.1, -0.05) is 0 Å². The van der Waals surface area contributed by atoms with E-state index in [0.29, 0.717) is 0 Å². The van der Waals surface area contributed by atoms with E-state index in [9.17, 15) is 0 Å². The van der Waals surface area contributed by atoms with Gasteiger partial charge in [0.15, 0.2) is 0 Å². The summed E-state index contributed by atoms with van der Waals surface area (Å²) in [5.74, 6) is 0. The van der Waals surface area contributed by atoms with Crippen molar-refractivity contribution >= 4 is 38.4 Å². The number of hydrogen-bond acceptors (Lipinski definition) is 9. The van der Waals surface area contributed by atoms with E-state index in [1.165, 1.54) is 0 Å². The average Bonchev–Trinajstić information content (AvgIpc) is 2.79. The molecule has 0 aliphatic carbocycles. The number of halogens is 3. The van der Waals surface area contributed by atoms with Gasteiger partial charge < -0.3 is 28.4 Å². The molecule has 6 atom stereocenters. The Hall–Kier alpha value is 0.480. The van der Waals surface area contributed by atoms with Crippen LogP contribution in [-0.2, 0) is 28.4 Å². The van der Waals surface area contributed by atoms with Crippen LogP contribution in [0.2, 0.25) is 0 Å². The molecule has 0 spiro atoms. The Morgan fingerprint density at radius 3 is 0.515 bits per heavy atom. The van der Waals surface area contributed by atoms with E-state index in [4.69, 9.17) is 66.9 Å². The zero-order valence-corrected chi connectivity index (χ0v) is 24.2. The maximum atomic E-state index is 4.98. The zero-order valence-electron chi connectivity index (χ0n) is 21.7. The van der Waals surface area contributed by atoms with Gasteiger partial charge in [-0.05, 0) is 41.5 Å². The number of methoxy groups -OCH3 is 6. The first-order valence-electron chi connectivity index (χ1n) is 9.42. The quantitative estimate of drug-likeness (QED) is 0.323. The fourth-order valence-corrected chi connectivity index (χ4v) is 2.03. The van der Waals surface area contributed by atoms with Crippen molar-refractivity contribution in [2.45, 2.75) is 78.9 Å². The first-order chi connectivity index (χ1) is 13.9. The minimum Gasteiger partial charge on any atom is -0.366 e. The summed E-state index contributed by atoms with van der Waals surface area (Å²) in [5, 5.41) is 0. The van der Waals surface area contributed by atoms with E-state index < -0.39 is 0 Å². The van der Waals surface area contributed by atoms with Crippen molar-refractivity contribution in [3.63, 3.8) is 0 Å². The van der Waals surface area contributed by atoms with Gasteiger partial charge in [0.25, 0.3) is 0 Å². The molecule has 6 unspecified atom stereocenters. The van der Waals surface area contributed by atoms with Gasteiger partial charge in [0, 0.05) is 81.1 Å². The lowest BCUT2D eigenvalue weighted by molar-refractivity contribution is -0.0582. The third-order valence-corrected chi connectivity index (χ3v) is 5.98. The summed E-state index contributed by atoms with van der Waals surface area (Å²) >= 11 is 14.9. The summed E-state index contributed by atoms with van der Waals surface area (Å²) in [7, 11) is 9.70. The lowest BCUT2D eigenvalue weighted by Gasteiger charge is -2.25. The van der Waals surface area contributed by atoms with Gasteiger partial charge in [0.05, 0.1) is 0 Å². The molecule has 33 heavy (non-hydrogen) atoms. The molecule has 15 heteroatoms. The van der Waals surface area contributed by atoms with Crippen LogP contribution in [0, 0.1) is 0 Å². The minimum atomic E-state index is -0.0788. The van der Waals surface area contributed by atoms with E-state index in [1.54, 1.807) is 55.6 Å². The number of rotatable bonds is 12. The van der Waals surface area contributed by atoms with Gasteiger partial charge >= 0.3 is 0 Å². The Kier molecular flexibility index (Phi) is 40.7. The summed E-state index contributed by atoms with van der Waals surface area (Å²) in [6.07, 6.45) is -0.473. The Bertz CT molecular complexity index is 312.